The van der Waals surface area contributed by atoms with E-state index in [1.165, 1.54) is 21.1 Å². The third-order valence-corrected chi connectivity index (χ3v) is 2.01. The van der Waals surface area contributed by atoms with Crippen molar-refractivity contribution in [1.29, 1.82) is 0 Å². The van der Waals surface area contributed by atoms with E-state index in [-0.39, 0.29) is 29.6 Å². The highest BCUT2D eigenvalue weighted by molar-refractivity contribution is 7.96. The van der Waals surface area contributed by atoms with Crippen LogP contribution >= 0.6 is 25.3 Å². The molecule has 19 heavy (non-hydrogen) atoms. The smallest absolute Gasteiger partial charge is 0.324 e. The van der Waals surface area contributed by atoms with Gasteiger partial charge in [0.1, 0.15) is 11.3 Å². The van der Waals surface area contributed by atoms with Crippen molar-refractivity contribution in [2.75, 3.05) is 27.3 Å². The molecule has 112 valence electrons. The van der Waals surface area contributed by atoms with Gasteiger partial charge in [0.2, 0.25) is 0 Å². The van der Waals surface area contributed by atoms with E-state index in [1.54, 1.807) is 0 Å². The minimum Gasteiger partial charge on any atom is -0.468 e. The fourth-order valence-electron chi connectivity index (χ4n) is 0.600. The zero-order chi connectivity index (χ0) is 15.4. The van der Waals surface area contributed by atoms with Gasteiger partial charge in [-0.05, 0) is 0 Å². The van der Waals surface area contributed by atoms with Crippen LogP contribution in [0.5, 0.6) is 0 Å². The Morgan fingerprint density at radius 1 is 1.37 bits per heavy atom. The van der Waals surface area contributed by atoms with Gasteiger partial charge in [-0.1, -0.05) is 0 Å². The van der Waals surface area contributed by atoms with Crippen LogP contribution in [0, 0.1) is 0 Å². The van der Waals surface area contributed by atoms with E-state index in [2.05, 4.69) is 40.0 Å². The fraction of sp³-hybridized carbons (Fsp3) is 0.700. The van der Waals surface area contributed by atoms with E-state index in [1.807, 2.05) is 0 Å². The van der Waals surface area contributed by atoms with Crippen molar-refractivity contribution in [3.8, 4) is 0 Å². The molecule has 0 aromatic rings. The molecule has 0 saturated carbocycles. The quantitative estimate of drug-likeness (QED) is 0.300. The molecule has 0 spiro atoms. The zero-order valence-corrected chi connectivity index (χ0v) is 12.9. The number of nitrogens with two attached hydrogens (primary N) is 1. The molecule has 0 aromatic carbocycles. The Morgan fingerprint density at radius 3 is 1.89 bits per heavy atom. The minimum absolute atomic E-state index is 0.00463. The van der Waals surface area contributed by atoms with Gasteiger partial charge in [0, 0.05) is 20.0 Å². The summed E-state index contributed by atoms with van der Waals surface area (Å²) < 4.78 is 8.68. The van der Waals surface area contributed by atoms with Gasteiger partial charge in [-0.25, -0.2) is 0 Å². The Bertz CT molecular complexity index is 294. The lowest BCUT2D eigenvalue weighted by molar-refractivity contribution is -0.140. The van der Waals surface area contributed by atoms with E-state index in [4.69, 9.17) is 5.73 Å². The van der Waals surface area contributed by atoms with Gasteiger partial charge in [0.05, 0.1) is 14.2 Å². The predicted octanol–water partition coefficient (Wildman–Crippen LogP) is -0.990. The van der Waals surface area contributed by atoms with Crippen molar-refractivity contribution in [2.45, 2.75) is 18.2 Å². The number of carbonyl (C=O) groups is 3. The van der Waals surface area contributed by atoms with Gasteiger partial charge >= 0.3 is 11.9 Å². The van der Waals surface area contributed by atoms with E-state index >= 15 is 0 Å². The molecule has 0 aliphatic carbocycles. The van der Waals surface area contributed by atoms with Crippen LogP contribution in [0.25, 0.3) is 0 Å². The third-order valence-electron chi connectivity index (χ3n) is 1.59. The molecule has 9 heteroatoms. The molecule has 2 unspecified atom stereocenters. The normalized spacial score (nSPS) is 16.6. The molecule has 2 atom stereocenters. The summed E-state index contributed by atoms with van der Waals surface area (Å²) in [6, 6.07) is 0.00463. The molecule has 1 rings (SSSR count). The summed E-state index contributed by atoms with van der Waals surface area (Å²) in [6.07, 6.45) is 0. The number of ether oxygens (including phenoxy) is 2. The maximum Gasteiger partial charge on any atom is 0.324 e. The highest BCUT2D eigenvalue weighted by Crippen LogP contribution is 1.96. The second kappa shape index (κ2) is 12.3. The van der Waals surface area contributed by atoms with Crippen molar-refractivity contribution >= 4 is 42.3 Å². The zero-order valence-electron chi connectivity index (χ0n) is 11.1. The van der Waals surface area contributed by atoms with Gasteiger partial charge in [-0.3, -0.25) is 14.4 Å². The average Bonchev–Trinajstić information content (AvgIpc) is 3.20. The predicted molar refractivity (Wildman–Crippen MR) is 77.3 cm³/mol. The lowest BCUT2D eigenvalue weighted by atomic mass is 10.4. The molecule has 1 heterocycles. The van der Waals surface area contributed by atoms with Crippen LogP contribution in [-0.4, -0.2) is 55.7 Å². The van der Waals surface area contributed by atoms with E-state index in [0.717, 1.165) is 6.54 Å². The van der Waals surface area contributed by atoms with Crippen molar-refractivity contribution in [3.63, 3.8) is 0 Å². The first-order valence-corrected chi connectivity index (χ1v) is 6.23. The van der Waals surface area contributed by atoms with Gasteiger partial charge in [0.15, 0.2) is 5.12 Å². The van der Waals surface area contributed by atoms with E-state index in [0.29, 0.717) is 0 Å². The van der Waals surface area contributed by atoms with Crippen LogP contribution in [0.4, 0.5) is 0 Å². The lowest BCUT2D eigenvalue weighted by Crippen LogP contribution is -2.24. The van der Waals surface area contributed by atoms with Crippen molar-refractivity contribution in [2.24, 2.45) is 5.73 Å². The number of esters is 2. The first kappa shape index (κ1) is 20.5. The second-order valence-electron chi connectivity index (χ2n) is 3.28. The van der Waals surface area contributed by atoms with E-state index < -0.39 is 5.25 Å². The molecular formula is C10H20N2O5S2. The minimum atomic E-state index is -0.472. The highest BCUT2D eigenvalue weighted by Gasteiger charge is 2.29. The molecule has 1 aliphatic rings. The first-order chi connectivity index (χ1) is 8.79. The molecule has 1 fully saturated rings. The Kier molecular flexibility index (Phi) is 13.3. The van der Waals surface area contributed by atoms with Gasteiger partial charge in [-0.15, -0.1) is 12.6 Å². The van der Waals surface area contributed by atoms with Gasteiger partial charge in [0.25, 0.3) is 0 Å². The Labute approximate surface area is 123 Å². The number of rotatable bonds is 3. The maximum absolute atomic E-state index is 10.4. The Hall–Kier alpha value is -0.770. The summed E-state index contributed by atoms with van der Waals surface area (Å²) in [6.45, 7) is 2.39. The lowest BCUT2D eigenvalue weighted by Gasteiger charge is -2.02. The second-order valence-corrected chi connectivity index (χ2v) is 4.53. The van der Waals surface area contributed by atoms with Crippen LogP contribution in [0.15, 0.2) is 0 Å². The molecule has 0 aromatic heterocycles. The summed E-state index contributed by atoms with van der Waals surface area (Å²) >= 11 is 7.13. The summed E-state index contributed by atoms with van der Waals surface area (Å²) in [7, 11) is 2.70. The number of carbonyl (C=O) groups excluding carboxylic acids is 3. The fourth-order valence-corrected chi connectivity index (χ4v) is 0.706. The molecule has 7 nitrogen and oxygen atoms in total. The summed E-state index contributed by atoms with van der Waals surface area (Å²) in [5.74, 6) is -0.532. The van der Waals surface area contributed by atoms with Crippen LogP contribution < -0.4 is 11.1 Å². The number of hydrogen-bond donors (Lipinski definition) is 4. The summed E-state index contributed by atoms with van der Waals surface area (Å²) in [5, 5.41) is 2.20. The number of methoxy groups -OCH3 is 2. The average molecular weight is 312 g/mol. The van der Waals surface area contributed by atoms with Crippen LogP contribution in [0.3, 0.4) is 0 Å². The number of nitrogens with one attached hydrogen (secondary N) is 1. The van der Waals surface area contributed by atoms with Crippen molar-refractivity contribution in [1.82, 2.24) is 5.32 Å². The molecular weight excluding hydrogens is 292 g/mol. The van der Waals surface area contributed by atoms with Gasteiger partial charge in [-0.2, -0.15) is 12.6 Å². The Balaban J connectivity index is 0. The molecule has 1 aliphatic heterocycles. The number of thiol groups is 2. The van der Waals surface area contributed by atoms with Crippen LogP contribution in [0.2, 0.25) is 0 Å². The highest BCUT2D eigenvalue weighted by atomic mass is 32.1. The molecule has 0 bridgehead atoms. The summed E-state index contributed by atoms with van der Waals surface area (Å²) in [5.41, 5.74) is 5.07. The summed E-state index contributed by atoms with van der Waals surface area (Å²) in [4.78, 5) is 30.0. The maximum atomic E-state index is 10.4. The van der Waals surface area contributed by atoms with Gasteiger partial charge < -0.3 is 20.5 Å². The van der Waals surface area contributed by atoms with Crippen LogP contribution in [0.1, 0.15) is 6.92 Å². The number of hydrogen-bond acceptors (Lipinski definition) is 8. The molecule has 0 radical (unpaired) electrons. The van der Waals surface area contributed by atoms with Crippen molar-refractivity contribution < 1.29 is 23.9 Å². The largest absolute Gasteiger partial charge is 0.468 e. The molecule has 3 N–H and O–H groups in total. The molecule has 0 amide bonds. The van der Waals surface area contributed by atoms with E-state index in [9.17, 15) is 14.4 Å². The SMILES string of the molecule is CC(=O)S.COC(=O)C(S)CN.COC(=O)C1CN1. The van der Waals surface area contributed by atoms with Crippen LogP contribution in [-0.2, 0) is 23.9 Å². The molecule has 1 saturated heterocycles. The Morgan fingerprint density at radius 2 is 1.79 bits per heavy atom. The first-order valence-electron chi connectivity index (χ1n) is 5.26. The monoisotopic (exact) mass is 312 g/mol. The standard InChI is InChI=1S/C4H9NO2S.C4H7NO2.C2H4OS/c1-7-4(6)3(8)2-5;1-7-4(6)3-2-5-3;1-2(3)4/h3,8H,2,5H2,1H3;3,5H,2H2,1H3;1H3,(H,3,4). The third kappa shape index (κ3) is 15.2. The topological polar surface area (TPSA) is 118 Å². The van der Waals surface area contributed by atoms with Crippen molar-refractivity contribution in [3.05, 3.63) is 0 Å².